The normalized spacial score (nSPS) is 39.9. The number of hydrogen-bond donors (Lipinski definition) is 3. The number of cyclic esters (lactones) is 1. The predicted octanol–water partition coefficient (Wildman–Crippen LogP) is 1.86. The lowest BCUT2D eigenvalue weighted by atomic mass is 9.46. The molecule has 28 heavy (non-hydrogen) atoms. The molecule has 0 spiro atoms. The summed E-state index contributed by atoms with van der Waals surface area (Å²) in [4.78, 5) is 12.0. The molecule has 7 nitrogen and oxygen atoms in total. The number of ether oxygens (including phenoxy) is 1. The van der Waals surface area contributed by atoms with Crippen LogP contribution in [-0.2, 0) is 19.6 Å². The molecule has 158 valence electrons. The van der Waals surface area contributed by atoms with Gasteiger partial charge in [0, 0.05) is 5.41 Å². The second-order valence-electron chi connectivity index (χ2n) is 9.02. The van der Waals surface area contributed by atoms with Crippen LogP contribution in [0.3, 0.4) is 0 Å². The lowest BCUT2D eigenvalue weighted by Crippen LogP contribution is -2.57. The molecule has 0 amide bonds. The Bertz CT molecular complexity index is 801. The van der Waals surface area contributed by atoms with E-state index in [0.29, 0.717) is 19.3 Å². The van der Waals surface area contributed by atoms with Crippen LogP contribution in [0.25, 0.3) is 0 Å². The smallest absolute Gasteiger partial charge is 0.335 e. The van der Waals surface area contributed by atoms with Crippen LogP contribution >= 0.6 is 0 Å². The number of aliphatic hydroxyl groups is 2. The van der Waals surface area contributed by atoms with Gasteiger partial charge in [0.15, 0.2) is 0 Å². The number of carbonyl (C=O) groups is 1. The van der Waals surface area contributed by atoms with E-state index < -0.39 is 38.3 Å². The van der Waals surface area contributed by atoms with Gasteiger partial charge in [0.25, 0.3) is 10.1 Å². The molecule has 0 aromatic heterocycles. The molecule has 6 atom stereocenters. The lowest BCUT2D eigenvalue weighted by Gasteiger charge is -2.60. The standard InChI is InChI=1S/C20H30O7S/c1-12-4-5-16-19(2,8-6-17(22)20(16,3)11-21)14(12)10-15(28(24,25)26)13-7-9-27-18(13)23/h7,14-17,21-22H,1,4-6,8-11H2,2-3H3,(H,24,25,26)/t14-,15+,16+,17-,19+,20+/m1/s1. The highest BCUT2D eigenvalue weighted by Crippen LogP contribution is 2.62. The Hall–Kier alpha value is -1.22. The topological polar surface area (TPSA) is 121 Å². The van der Waals surface area contributed by atoms with Crippen molar-refractivity contribution < 1.29 is 32.7 Å². The molecule has 0 aromatic rings. The molecule has 3 aliphatic rings. The fourth-order valence-corrected chi connectivity index (χ4v) is 6.84. The SMILES string of the molecule is C=C1CC[C@@H]2[C@](C)(CO)[C@H](O)CC[C@@]2(C)[C@@H]1C[C@@H](C1=CCOC1=O)S(=O)(=O)O. The molecule has 1 heterocycles. The molecule has 2 aliphatic carbocycles. The van der Waals surface area contributed by atoms with E-state index in [-0.39, 0.29) is 37.0 Å². The predicted molar refractivity (Wildman–Crippen MR) is 103 cm³/mol. The minimum Gasteiger partial charge on any atom is -0.458 e. The van der Waals surface area contributed by atoms with Crippen LogP contribution in [0.2, 0.25) is 0 Å². The highest BCUT2D eigenvalue weighted by atomic mass is 32.2. The number of rotatable bonds is 5. The summed E-state index contributed by atoms with van der Waals surface area (Å²) in [6.45, 7) is 7.94. The Morgan fingerprint density at radius 1 is 1.36 bits per heavy atom. The molecule has 0 unspecified atom stereocenters. The Morgan fingerprint density at radius 3 is 2.57 bits per heavy atom. The van der Waals surface area contributed by atoms with Crippen molar-refractivity contribution in [2.45, 2.75) is 57.3 Å². The van der Waals surface area contributed by atoms with Gasteiger partial charge in [-0.25, -0.2) is 4.79 Å². The van der Waals surface area contributed by atoms with Gasteiger partial charge in [-0.15, -0.1) is 0 Å². The van der Waals surface area contributed by atoms with Crippen LogP contribution in [0.4, 0.5) is 0 Å². The molecule has 2 saturated carbocycles. The van der Waals surface area contributed by atoms with Crippen LogP contribution in [0.1, 0.15) is 46.0 Å². The van der Waals surface area contributed by atoms with E-state index in [1.54, 1.807) is 0 Å². The van der Waals surface area contributed by atoms with Crippen LogP contribution in [0.15, 0.2) is 23.8 Å². The third-order valence-electron chi connectivity index (χ3n) is 7.60. The van der Waals surface area contributed by atoms with Gasteiger partial charge in [0.05, 0.1) is 18.3 Å². The average molecular weight is 415 g/mol. The summed E-state index contributed by atoms with van der Waals surface area (Å²) < 4.78 is 39.0. The summed E-state index contributed by atoms with van der Waals surface area (Å²) in [6.07, 6.45) is 3.36. The van der Waals surface area contributed by atoms with Gasteiger partial charge in [-0.3, -0.25) is 4.55 Å². The summed E-state index contributed by atoms with van der Waals surface area (Å²) in [6, 6.07) is 0. The molecule has 8 heteroatoms. The quantitative estimate of drug-likeness (QED) is 0.357. The molecular formula is C20H30O7S. The number of fused-ring (bicyclic) bond motifs is 1. The third-order valence-corrected chi connectivity index (χ3v) is 8.77. The first-order valence-corrected chi connectivity index (χ1v) is 11.3. The first kappa shape index (κ1) is 21.5. The van der Waals surface area contributed by atoms with Crippen molar-refractivity contribution >= 4 is 16.1 Å². The van der Waals surface area contributed by atoms with Crippen molar-refractivity contribution in [1.82, 2.24) is 0 Å². The van der Waals surface area contributed by atoms with Gasteiger partial charge in [-0.2, -0.15) is 8.42 Å². The molecule has 0 radical (unpaired) electrons. The fraction of sp³-hybridized carbons (Fsp3) is 0.750. The molecule has 3 N–H and O–H groups in total. The van der Waals surface area contributed by atoms with Crippen molar-refractivity contribution in [3.63, 3.8) is 0 Å². The zero-order valence-electron chi connectivity index (χ0n) is 16.4. The molecule has 0 bridgehead atoms. The summed E-state index contributed by atoms with van der Waals surface area (Å²) in [5.74, 6) is -1.02. The number of esters is 1. The Labute approximate surface area is 166 Å². The van der Waals surface area contributed by atoms with Crippen molar-refractivity contribution in [1.29, 1.82) is 0 Å². The largest absolute Gasteiger partial charge is 0.458 e. The van der Waals surface area contributed by atoms with E-state index >= 15 is 0 Å². The maximum Gasteiger partial charge on any atom is 0.335 e. The van der Waals surface area contributed by atoms with Gasteiger partial charge in [0.2, 0.25) is 0 Å². The minimum absolute atomic E-state index is 0.000465. The number of carbonyl (C=O) groups excluding carboxylic acids is 1. The van der Waals surface area contributed by atoms with E-state index in [2.05, 4.69) is 13.5 Å². The summed E-state index contributed by atoms with van der Waals surface area (Å²) in [7, 11) is -4.52. The Morgan fingerprint density at radius 2 is 2.04 bits per heavy atom. The van der Waals surface area contributed by atoms with Crippen LogP contribution in [-0.4, -0.2) is 53.7 Å². The van der Waals surface area contributed by atoms with Crippen LogP contribution < -0.4 is 0 Å². The van der Waals surface area contributed by atoms with Gasteiger partial charge in [-0.05, 0) is 55.4 Å². The number of hydrogen-bond acceptors (Lipinski definition) is 6. The monoisotopic (exact) mass is 414 g/mol. The molecule has 1 aliphatic heterocycles. The summed E-state index contributed by atoms with van der Waals surface area (Å²) in [5.41, 5.74) is -0.235. The molecular weight excluding hydrogens is 384 g/mol. The van der Waals surface area contributed by atoms with E-state index in [9.17, 15) is 28.0 Å². The Kier molecular flexibility index (Phi) is 5.55. The zero-order chi connectivity index (χ0) is 20.9. The van der Waals surface area contributed by atoms with Gasteiger partial charge >= 0.3 is 5.97 Å². The van der Waals surface area contributed by atoms with Crippen molar-refractivity contribution in [3.8, 4) is 0 Å². The fourth-order valence-electron chi connectivity index (χ4n) is 5.90. The molecule has 0 saturated heterocycles. The van der Waals surface area contributed by atoms with Crippen LogP contribution in [0.5, 0.6) is 0 Å². The number of aliphatic hydroxyl groups excluding tert-OH is 2. The zero-order valence-corrected chi connectivity index (χ0v) is 17.2. The first-order chi connectivity index (χ1) is 12.9. The van der Waals surface area contributed by atoms with E-state index in [0.717, 1.165) is 12.0 Å². The van der Waals surface area contributed by atoms with Gasteiger partial charge < -0.3 is 14.9 Å². The summed E-state index contributed by atoms with van der Waals surface area (Å²) >= 11 is 0. The molecule has 2 fully saturated rings. The lowest BCUT2D eigenvalue weighted by molar-refractivity contribution is -0.152. The minimum atomic E-state index is -4.52. The molecule has 3 rings (SSSR count). The number of allylic oxidation sites excluding steroid dienone is 1. The highest BCUT2D eigenvalue weighted by molar-refractivity contribution is 7.86. The van der Waals surface area contributed by atoms with E-state index in [1.807, 2.05) is 6.92 Å². The maximum atomic E-state index is 12.1. The van der Waals surface area contributed by atoms with Crippen molar-refractivity contribution in [3.05, 3.63) is 23.8 Å². The highest BCUT2D eigenvalue weighted by Gasteiger charge is 2.58. The van der Waals surface area contributed by atoms with Crippen molar-refractivity contribution in [2.24, 2.45) is 22.7 Å². The third kappa shape index (κ3) is 3.34. The van der Waals surface area contributed by atoms with E-state index in [4.69, 9.17) is 4.74 Å². The van der Waals surface area contributed by atoms with Crippen LogP contribution in [0, 0.1) is 22.7 Å². The van der Waals surface area contributed by atoms with Gasteiger partial charge in [0.1, 0.15) is 11.9 Å². The summed E-state index contributed by atoms with van der Waals surface area (Å²) in [5, 5.41) is 19.3. The Balaban J connectivity index is 1.99. The van der Waals surface area contributed by atoms with Crippen molar-refractivity contribution in [2.75, 3.05) is 13.2 Å². The maximum absolute atomic E-state index is 12.1. The molecule has 0 aromatic carbocycles. The first-order valence-electron chi connectivity index (χ1n) is 9.75. The average Bonchev–Trinajstić information content (AvgIpc) is 3.02. The second kappa shape index (κ2) is 7.23. The van der Waals surface area contributed by atoms with E-state index in [1.165, 1.54) is 6.08 Å². The second-order valence-corrected chi connectivity index (χ2v) is 10.6. The van der Waals surface area contributed by atoms with Gasteiger partial charge in [-0.1, -0.05) is 26.0 Å².